The van der Waals surface area contributed by atoms with Crippen molar-refractivity contribution in [2.45, 2.75) is 37.7 Å². The van der Waals surface area contributed by atoms with Crippen molar-refractivity contribution < 1.29 is 9.47 Å². The molecule has 0 aromatic heterocycles. The lowest BCUT2D eigenvalue weighted by atomic mass is 10.1. The normalized spacial score (nSPS) is 18.7. The molecule has 2 fully saturated rings. The molecule has 0 saturated heterocycles. The van der Waals surface area contributed by atoms with Gasteiger partial charge < -0.3 is 9.47 Å². The predicted octanol–water partition coefficient (Wildman–Crippen LogP) is 4.80. The van der Waals surface area contributed by atoms with Gasteiger partial charge in [-0.05, 0) is 67.3 Å². The van der Waals surface area contributed by atoms with Crippen molar-refractivity contribution in [2.75, 3.05) is 6.61 Å². The first-order valence-corrected chi connectivity index (χ1v) is 8.33. The van der Waals surface area contributed by atoms with Crippen LogP contribution in [0.4, 0.5) is 0 Å². The van der Waals surface area contributed by atoms with Crippen molar-refractivity contribution in [3.8, 4) is 11.5 Å². The van der Waals surface area contributed by atoms with E-state index >= 15 is 0 Å². The van der Waals surface area contributed by atoms with Gasteiger partial charge in [0.25, 0.3) is 0 Å². The van der Waals surface area contributed by atoms with Gasteiger partial charge in [-0.3, -0.25) is 0 Å². The van der Waals surface area contributed by atoms with Gasteiger partial charge in [-0.2, -0.15) is 0 Å². The van der Waals surface area contributed by atoms with Gasteiger partial charge in [0.1, 0.15) is 24.2 Å². The van der Waals surface area contributed by atoms with Crippen LogP contribution in [0.15, 0.2) is 54.6 Å². The fraction of sp³-hybridized carbons (Fsp3) is 0.400. The van der Waals surface area contributed by atoms with Gasteiger partial charge in [0.2, 0.25) is 0 Å². The molecule has 2 heteroatoms. The third-order valence-corrected chi connectivity index (χ3v) is 4.50. The standard InChI is InChI=1S/C20H22O2/c1-2-6-18(7-3-1)22-20(16-11-12-16)14-21-19-8-4-5-17(13-19)15-9-10-15/h1-8,13,15-16,20H,9-12,14H2. The summed E-state index contributed by atoms with van der Waals surface area (Å²) in [5.74, 6) is 3.33. The Bertz CT molecular complexity index is 615. The zero-order valence-corrected chi connectivity index (χ0v) is 12.8. The Labute approximate surface area is 132 Å². The first-order chi connectivity index (χ1) is 10.9. The summed E-state index contributed by atoms with van der Waals surface area (Å²) in [4.78, 5) is 0. The molecule has 114 valence electrons. The summed E-state index contributed by atoms with van der Waals surface area (Å²) in [7, 11) is 0. The second kappa shape index (κ2) is 6.04. The van der Waals surface area contributed by atoms with E-state index in [9.17, 15) is 0 Å². The minimum absolute atomic E-state index is 0.159. The second-order valence-electron chi connectivity index (χ2n) is 6.46. The van der Waals surface area contributed by atoms with Crippen LogP contribution >= 0.6 is 0 Å². The molecule has 2 aliphatic rings. The molecule has 22 heavy (non-hydrogen) atoms. The monoisotopic (exact) mass is 294 g/mol. The van der Waals surface area contributed by atoms with Crippen LogP contribution < -0.4 is 9.47 Å². The van der Waals surface area contributed by atoms with E-state index in [0.717, 1.165) is 17.4 Å². The molecule has 0 heterocycles. The lowest BCUT2D eigenvalue weighted by Gasteiger charge is -2.19. The highest BCUT2D eigenvalue weighted by atomic mass is 16.5. The summed E-state index contributed by atoms with van der Waals surface area (Å²) in [6.07, 6.45) is 5.31. The fourth-order valence-corrected chi connectivity index (χ4v) is 2.86. The molecule has 0 aliphatic heterocycles. The van der Waals surface area contributed by atoms with Crippen molar-refractivity contribution in [3.63, 3.8) is 0 Å². The summed E-state index contributed by atoms with van der Waals surface area (Å²) in [6, 6.07) is 18.6. The fourth-order valence-electron chi connectivity index (χ4n) is 2.86. The van der Waals surface area contributed by atoms with Crippen LogP contribution in [0.5, 0.6) is 11.5 Å². The van der Waals surface area contributed by atoms with E-state index in [2.05, 4.69) is 24.3 Å². The van der Waals surface area contributed by atoms with E-state index in [1.807, 2.05) is 30.3 Å². The predicted molar refractivity (Wildman–Crippen MR) is 87.5 cm³/mol. The zero-order valence-electron chi connectivity index (χ0n) is 12.8. The molecule has 2 aromatic carbocycles. The molecule has 0 spiro atoms. The topological polar surface area (TPSA) is 18.5 Å². The minimum Gasteiger partial charge on any atom is -0.490 e. The van der Waals surface area contributed by atoms with Gasteiger partial charge in [-0.25, -0.2) is 0 Å². The van der Waals surface area contributed by atoms with Gasteiger partial charge in [-0.15, -0.1) is 0 Å². The Balaban J connectivity index is 1.38. The van der Waals surface area contributed by atoms with E-state index in [-0.39, 0.29) is 6.10 Å². The first-order valence-electron chi connectivity index (χ1n) is 8.33. The molecule has 2 aliphatic carbocycles. The molecular weight excluding hydrogens is 272 g/mol. The van der Waals surface area contributed by atoms with Crippen molar-refractivity contribution in [2.24, 2.45) is 5.92 Å². The highest BCUT2D eigenvalue weighted by Gasteiger charge is 2.33. The average molecular weight is 294 g/mol. The number of ether oxygens (including phenoxy) is 2. The molecule has 2 saturated carbocycles. The Hall–Kier alpha value is -1.96. The second-order valence-corrected chi connectivity index (χ2v) is 6.46. The lowest BCUT2D eigenvalue weighted by molar-refractivity contribution is 0.111. The molecular formula is C20H22O2. The molecule has 0 N–H and O–H groups in total. The SMILES string of the molecule is c1ccc(OC(COc2cccc(C3CC3)c2)C2CC2)cc1. The van der Waals surface area contributed by atoms with Crippen molar-refractivity contribution in [1.82, 2.24) is 0 Å². The van der Waals surface area contributed by atoms with Gasteiger partial charge in [0.15, 0.2) is 0 Å². The molecule has 0 amide bonds. The Kier molecular flexibility index (Phi) is 3.75. The lowest BCUT2D eigenvalue weighted by Crippen LogP contribution is -2.27. The highest BCUT2D eigenvalue weighted by molar-refractivity contribution is 5.33. The molecule has 1 unspecified atom stereocenters. The maximum atomic E-state index is 6.13. The maximum Gasteiger partial charge on any atom is 0.135 e. The third-order valence-electron chi connectivity index (χ3n) is 4.50. The summed E-state index contributed by atoms with van der Waals surface area (Å²) >= 11 is 0. The largest absolute Gasteiger partial charge is 0.490 e. The van der Waals surface area contributed by atoms with Crippen LogP contribution in [0.3, 0.4) is 0 Å². The molecule has 1 atom stereocenters. The highest BCUT2D eigenvalue weighted by Crippen LogP contribution is 2.41. The molecule has 0 radical (unpaired) electrons. The van der Waals surface area contributed by atoms with E-state index in [4.69, 9.17) is 9.47 Å². The zero-order chi connectivity index (χ0) is 14.8. The molecule has 4 rings (SSSR count). The van der Waals surface area contributed by atoms with Crippen molar-refractivity contribution >= 4 is 0 Å². The third kappa shape index (κ3) is 3.44. The van der Waals surface area contributed by atoms with Crippen LogP contribution in [0, 0.1) is 5.92 Å². The van der Waals surface area contributed by atoms with Gasteiger partial charge in [0, 0.05) is 0 Å². The quantitative estimate of drug-likeness (QED) is 0.730. The van der Waals surface area contributed by atoms with E-state index in [0.29, 0.717) is 12.5 Å². The number of hydrogen-bond acceptors (Lipinski definition) is 2. The van der Waals surface area contributed by atoms with Crippen molar-refractivity contribution in [3.05, 3.63) is 60.2 Å². The van der Waals surface area contributed by atoms with Gasteiger partial charge in [0.05, 0.1) is 0 Å². The van der Waals surface area contributed by atoms with Crippen LogP contribution in [0.1, 0.15) is 37.2 Å². The first kappa shape index (κ1) is 13.7. The van der Waals surface area contributed by atoms with E-state index in [1.54, 1.807) is 0 Å². The van der Waals surface area contributed by atoms with Gasteiger partial charge in [-0.1, -0.05) is 30.3 Å². The smallest absolute Gasteiger partial charge is 0.135 e. The van der Waals surface area contributed by atoms with Crippen LogP contribution in [0.2, 0.25) is 0 Å². The number of hydrogen-bond donors (Lipinski definition) is 0. The summed E-state index contributed by atoms with van der Waals surface area (Å²) in [5, 5.41) is 0. The summed E-state index contributed by atoms with van der Waals surface area (Å²) < 4.78 is 12.2. The number of benzene rings is 2. The average Bonchev–Trinajstić information content (AvgIpc) is 3.45. The van der Waals surface area contributed by atoms with Gasteiger partial charge >= 0.3 is 0 Å². The Morgan fingerprint density at radius 2 is 1.64 bits per heavy atom. The van der Waals surface area contributed by atoms with Crippen molar-refractivity contribution in [1.29, 1.82) is 0 Å². The number of para-hydroxylation sites is 1. The van der Waals surface area contributed by atoms with Crippen LogP contribution in [-0.4, -0.2) is 12.7 Å². The van der Waals surface area contributed by atoms with E-state index < -0.39 is 0 Å². The Morgan fingerprint density at radius 3 is 2.36 bits per heavy atom. The summed E-state index contributed by atoms with van der Waals surface area (Å²) in [6.45, 7) is 0.633. The molecule has 2 nitrogen and oxygen atoms in total. The van der Waals surface area contributed by atoms with Crippen LogP contribution in [0.25, 0.3) is 0 Å². The molecule has 2 aromatic rings. The van der Waals surface area contributed by atoms with Crippen LogP contribution in [-0.2, 0) is 0 Å². The minimum atomic E-state index is 0.159. The van der Waals surface area contributed by atoms with E-state index in [1.165, 1.54) is 31.2 Å². The Morgan fingerprint density at radius 1 is 0.864 bits per heavy atom. The maximum absolute atomic E-state index is 6.13. The summed E-state index contributed by atoms with van der Waals surface area (Å²) in [5.41, 5.74) is 1.42. The molecule has 0 bridgehead atoms. The number of rotatable bonds is 7.